The van der Waals surface area contributed by atoms with Crippen molar-refractivity contribution in [2.45, 2.75) is 18.9 Å². The summed E-state index contributed by atoms with van der Waals surface area (Å²) in [6.07, 6.45) is 0.197. The van der Waals surface area contributed by atoms with Crippen LogP contribution in [0.15, 0.2) is 48.5 Å². The van der Waals surface area contributed by atoms with Crippen LogP contribution in [0.4, 0.5) is 10.5 Å². The lowest BCUT2D eigenvalue weighted by Crippen LogP contribution is -2.40. The summed E-state index contributed by atoms with van der Waals surface area (Å²) in [6.45, 7) is 2.00. The molecule has 3 nitrogen and oxygen atoms in total. The highest BCUT2D eigenvalue weighted by Gasteiger charge is 2.42. The maximum atomic E-state index is 11.9. The van der Waals surface area contributed by atoms with E-state index in [0.29, 0.717) is 11.4 Å². The van der Waals surface area contributed by atoms with Crippen LogP contribution in [0.1, 0.15) is 24.5 Å². The summed E-state index contributed by atoms with van der Waals surface area (Å²) in [7, 11) is 0. The van der Waals surface area contributed by atoms with Crippen LogP contribution in [0, 0.1) is 0 Å². The fourth-order valence-electron chi connectivity index (χ4n) is 2.70. The molecule has 20 heavy (non-hydrogen) atoms. The number of carbonyl (C=O) groups excluding carboxylic acids is 1. The summed E-state index contributed by atoms with van der Waals surface area (Å²) in [5.74, 6) is 0. The predicted octanol–water partition coefficient (Wildman–Crippen LogP) is 4.56. The van der Waals surface area contributed by atoms with E-state index in [1.165, 1.54) is 0 Å². The average Bonchev–Trinajstić information content (AvgIpc) is 2.48. The largest absolute Gasteiger partial charge is 0.433 e. The van der Waals surface area contributed by atoms with Crippen LogP contribution < -0.4 is 5.32 Å². The number of cyclic esters (lactones) is 1. The van der Waals surface area contributed by atoms with E-state index >= 15 is 0 Å². The number of ether oxygens (including phenoxy) is 1. The van der Waals surface area contributed by atoms with Crippen LogP contribution in [0.5, 0.6) is 0 Å². The number of rotatable bonds is 2. The first-order valence-electron chi connectivity index (χ1n) is 6.51. The van der Waals surface area contributed by atoms with Crippen molar-refractivity contribution in [1.82, 2.24) is 0 Å². The molecule has 0 unspecified atom stereocenters. The summed E-state index contributed by atoms with van der Waals surface area (Å²) < 4.78 is 5.68. The predicted molar refractivity (Wildman–Crippen MR) is 79.1 cm³/mol. The molecule has 0 saturated heterocycles. The van der Waals surface area contributed by atoms with Crippen LogP contribution >= 0.6 is 11.6 Å². The standard InChI is InChI=1S/C16H14ClNO2/c1-2-16(11-6-4-3-5-7-11)13-10-12(17)8-9-14(13)18-15(19)20-16/h3-10H,2H2,1H3,(H,18,19)/t16-/m0/s1. The van der Waals surface area contributed by atoms with Crippen LogP contribution in [-0.2, 0) is 10.3 Å². The highest BCUT2D eigenvalue weighted by Crippen LogP contribution is 2.44. The van der Waals surface area contributed by atoms with Gasteiger partial charge in [0.2, 0.25) is 0 Å². The molecule has 0 bridgehead atoms. The summed E-state index contributed by atoms with van der Waals surface area (Å²) in [4.78, 5) is 11.9. The molecule has 1 aliphatic rings. The van der Waals surface area contributed by atoms with Crippen LogP contribution in [0.25, 0.3) is 0 Å². The smallest absolute Gasteiger partial charge is 0.412 e. The Bertz CT molecular complexity index is 657. The molecule has 1 aliphatic heterocycles. The van der Waals surface area contributed by atoms with Gasteiger partial charge in [0.05, 0.1) is 5.69 Å². The lowest BCUT2D eigenvalue weighted by molar-refractivity contribution is 0.0410. The number of nitrogens with one attached hydrogen (secondary N) is 1. The first kappa shape index (κ1) is 13.0. The highest BCUT2D eigenvalue weighted by atomic mass is 35.5. The zero-order valence-corrected chi connectivity index (χ0v) is 11.8. The third kappa shape index (κ3) is 1.95. The normalized spacial score (nSPS) is 20.8. The fraction of sp³-hybridized carbons (Fsp3) is 0.188. The second-order valence-corrected chi connectivity index (χ2v) is 5.19. The quantitative estimate of drug-likeness (QED) is 0.879. The molecule has 1 amide bonds. The number of amides is 1. The van der Waals surface area contributed by atoms with Gasteiger partial charge in [0.15, 0.2) is 5.60 Å². The molecule has 0 aromatic heterocycles. The number of benzene rings is 2. The Morgan fingerprint density at radius 1 is 1.20 bits per heavy atom. The first-order chi connectivity index (χ1) is 9.65. The second kappa shape index (κ2) is 4.84. The number of fused-ring (bicyclic) bond motifs is 1. The van der Waals surface area contributed by atoms with Crippen LogP contribution in [-0.4, -0.2) is 6.09 Å². The van der Waals surface area contributed by atoms with Crippen LogP contribution in [0.2, 0.25) is 5.02 Å². The third-order valence-corrected chi connectivity index (χ3v) is 3.89. The molecular formula is C16H14ClNO2. The van der Waals surface area contributed by atoms with Crippen molar-refractivity contribution < 1.29 is 9.53 Å². The Morgan fingerprint density at radius 3 is 2.65 bits per heavy atom. The van der Waals surface area contributed by atoms with E-state index in [0.717, 1.165) is 16.8 Å². The molecule has 3 rings (SSSR count). The minimum absolute atomic E-state index is 0.439. The van der Waals surface area contributed by atoms with E-state index < -0.39 is 11.7 Å². The zero-order valence-electron chi connectivity index (χ0n) is 11.0. The molecule has 102 valence electrons. The lowest BCUT2D eigenvalue weighted by atomic mass is 9.82. The van der Waals surface area contributed by atoms with Crippen molar-refractivity contribution in [3.8, 4) is 0 Å². The summed E-state index contributed by atoms with van der Waals surface area (Å²) in [5.41, 5.74) is 1.79. The molecule has 2 aromatic rings. The average molecular weight is 288 g/mol. The number of hydrogen-bond donors (Lipinski definition) is 1. The van der Waals surface area contributed by atoms with Crippen molar-refractivity contribution in [3.05, 3.63) is 64.7 Å². The molecular weight excluding hydrogens is 274 g/mol. The van der Waals surface area contributed by atoms with Gasteiger partial charge in [-0.05, 0) is 24.6 Å². The Kier molecular flexibility index (Phi) is 3.14. The number of carbonyl (C=O) groups is 1. The van der Waals surface area contributed by atoms with Crippen molar-refractivity contribution in [2.75, 3.05) is 5.32 Å². The van der Waals surface area contributed by atoms with Gasteiger partial charge in [-0.25, -0.2) is 4.79 Å². The Balaban J connectivity index is 2.26. The summed E-state index contributed by atoms with van der Waals surface area (Å²) >= 11 is 6.12. The third-order valence-electron chi connectivity index (χ3n) is 3.66. The molecule has 0 spiro atoms. The van der Waals surface area contributed by atoms with Gasteiger partial charge in [0, 0.05) is 16.1 Å². The van der Waals surface area contributed by atoms with Gasteiger partial charge in [-0.15, -0.1) is 0 Å². The van der Waals surface area contributed by atoms with E-state index in [2.05, 4.69) is 5.32 Å². The molecule has 2 aromatic carbocycles. The Hall–Kier alpha value is -2.00. The zero-order chi connectivity index (χ0) is 14.2. The van der Waals surface area contributed by atoms with E-state index in [-0.39, 0.29) is 0 Å². The van der Waals surface area contributed by atoms with Crippen LogP contribution in [0.3, 0.4) is 0 Å². The van der Waals surface area contributed by atoms with E-state index in [4.69, 9.17) is 16.3 Å². The first-order valence-corrected chi connectivity index (χ1v) is 6.89. The summed E-state index contributed by atoms with van der Waals surface area (Å²) in [5, 5.41) is 3.35. The maximum Gasteiger partial charge on any atom is 0.412 e. The monoisotopic (exact) mass is 287 g/mol. The SMILES string of the molecule is CC[C@@]1(c2ccccc2)OC(=O)Nc2ccc(Cl)cc21. The second-order valence-electron chi connectivity index (χ2n) is 4.75. The van der Waals surface area contributed by atoms with Gasteiger partial charge in [0.25, 0.3) is 0 Å². The van der Waals surface area contributed by atoms with Gasteiger partial charge in [0.1, 0.15) is 0 Å². The Morgan fingerprint density at radius 2 is 1.95 bits per heavy atom. The van der Waals surface area contributed by atoms with Gasteiger partial charge >= 0.3 is 6.09 Å². The topological polar surface area (TPSA) is 38.3 Å². The van der Waals surface area contributed by atoms with Crippen molar-refractivity contribution in [1.29, 1.82) is 0 Å². The van der Waals surface area contributed by atoms with Gasteiger partial charge < -0.3 is 4.74 Å². The van der Waals surface area contributed by atoms with Crippen molar-refractivity contribution in [3.63, 3.8) is 0 Å². The molecule has 0 fully saturated rings. The van der Waals surface area contributed by atoms with Gasteiger partial charge in [-0.2, -0.15) is 0 Å². The van der Waals surface area contributed by atoms with E-state index in [9.17, 15) is 4.79 Å². The maximum absolute atomic E-state index is 11.9. The van der Waals surface area contributed by atoms with Gasteiger partial charge in [-0.1, -0.05) is 48.9 Å². The fourth-order valence-corrected chi connectivity index (χ4v) is 2.87. The number of halogens is 1. The van der Waals surface area contributed by atoms with Gasteiger partial charge in [-0.3, -0.25) is 5.32 Å². The number of hydrogen-bond acceptors (Lipinski definition) is 2. The lowest BCUT2D eigenvalue weighted by Gasteiger charge is -2.38. The van der Waals surface area contributed by atoms with E-state index in [1.54, 1.807) is 6.07 Å². The molecule has 1 heterocycles. The molecule has 0 radical (unpaired) electrons. The Labute approximate surface area is 122 Å². The minimum atomic E-state index is -0.788. The minimum Gasteiger partial charge on any atom is -0.433 e. The summed E-state index contributed by atoms with van der Waals surface area (Å²) in [6, 6.07) is 15.2. The van der Waals surface area contributed by atoms with E-state index in [1.807, 2.05) is 49.4 Å². The molecule has 0 saturated carbocycles. The molecule has 0 aliphatic carbocycles. The molecule has 1 N–H and O–H groups in total. The highest BCUT2D eigenvalue weighted by molar-refractivity contribution is 6.30. The van der Waals surface area contributed by atoms with Crippen molar-refractivity contribution in [2.24, 2.45) is 0 Å². The van der Waals surface area contributed by atoms with Crippen molar-refractivity contribution >= 4 is 23.4 Å². The number of anilines is 1. The molecule has 4 heteroatoms. The molecule has 1 atom stereocenters.